The van der Waals surface area contributed by atoms with Gasteiger partial charge in [-0.15, -0.1) is 0 Å². The quantitative estimate of drug-likeness (QED) is 0.630. The van der Waals surface area contributed by atoms with Gasteiger partial charge in [0.05, 0.1) is 5.52 Å². The molecular formula is C16H28N2. The highest BCUT2D eigenvalue weighted by atomic mass is 14.9. The number of nitrogens with zero attached hydrogens (tertiary/aromatic N) is 2. The number of benzene rings is 1. The Hall–Kier alpha value is -1.44. The summed E-state index contributed by atoms with van der Waals surface area (Å²) in [5, 5.41) is 1.14. The topological polar surface area (TPSA) is 25.8 Å². The Morgan fingerprint density at radius 2 is 1.22 bits per heavy atom. The van der Waals surface area contributed by atoms with E-state index in [4.69, 9.17) is 0 Å². The molecule has 0 saturated heterocycles. The zero-order chi connectivity index (χ0) is 14.6. The second kappa shape index (κ2) is 12.0. The minimum atomic E-state index is 0.839. The van der Waals surface area contributed by atoms with Crippen LogP contribution in [0, 0.1) is 13.8 Å². The van der Waals surface area contributed by atoms with Gasteiger partial charge in [-0.2, -0.15) is 0 Å². The maximum atomic E-state index is 4.33. The number of fused-ring (bicyclic) bond motifs is 1. The third-order valence-corrected chi connectivity index (χ3v) is 1.91. The third kappa shape index (κ3) is 5.76. The molecule has 0 amide bonds. The van der Waals surface area contributed by atoms with Crippen LogP contribution in [0.5, 0.6) is 0 Å². The van der Waals surface area contributed by atoms with Crippen molar-refractivity contribution in [3.05, 3.63) is 35.8 Å². The highest BCUT2D eigenvalue weighted by Gasteiger charge is 1.98. The van der Waals surface area contributed by atoms with E-state index in [1.807, 2.05) is 79.7 Å². The Morgan fingerprint density at radius 3 is 1.78 bits per heavy atom. The summed E-state index contributed by atoms with van der Waals surface area (Å²) in [6.07, 6.45) is 0. The largest absolute Gasteiger partial charge is 0.238 e. The fourth-order valence-electron chi connectivity index (χ4n) is 1.38. The zero-order valence-corrected chi connectivity index (χ0v) is 13.2. The molecule has 2 heteroatoms. The van der Waals surface area contributed by atoms with Crippen molar-refractivity contribution in [3.63, 3.8) is 0 Å². The molecule has 102 valence electrons. The van der Waals surface area contributed by atoms with Crippen LogP contribution in [-0.2, 0) is 0 Å². The lowest BCUT2D eigenvalue weighted by atomic mass is 10.2. The Balaban J connectivity index is 0. The molecule has 0 aliphatic carbocycles. The SMILES string of the molecule is CC.CC.CC.Cc1nc(C)c2ccccc2n1. The minimum absolute atomic E-state index is 0.839. The van der Waals surface area contributed by atoms with Crippen LogP contribution in [0.4, 0.5) is 0 Å². The number of hydrogen-bond donors (Lipinski definition) is 0. The van der Waals surface area contributed by atoms with E-state index < -0.39 is 0 Å². The van der Waals surface area contributed by atoms with E-state index in [1.165, 1.54) is 0 Å². The molecule has 0 aliphatic heterocycles. The summed E-state index contributed by atoms with van der Waals surface area (Å²) in [5.74, 6) is 0.839. The van der Waals surface area contributed by atoms with Gasteiger partial charge in [0.25, 0.3) is 0 Å². The molecule has 1 aromatic carbocycles. The van der Waals surface area contributed by atoms with Crippen LogP contribution < -0.4 is 0 Å². The van der Waals surface area contributed by atoms with E-state index in [1.54, 1.807) is 0 Å². The van der Waals surface area contributed by atoms with Gasteiger partial charge in [-0.3, -0.25) is 0 Å². The van der Waals surface area contributed by atoms with E-state index in [0.29, 0.717) is 0 Å². The predicted molar refractivity (Wildman–Crippen MR) is 83.1 cm³/mol. The fraction of sp³-hybridized carbons (Fsp3) is 0.500. The number of rotatable bonds is 0. The molecule has 0 saturated carbocycles. The molecule has 18 heavy (non-hydrogen) atoms. The monoisotopic (exact) mass is 248 g/mol. The number of hydrogen-bond acceptors (Lipinski definition) is 2. The average Bonchev–Trinajstić information content (AvgIpc) is 2.45. The molecule has 0 N–H and O–H groups in total. The molecule has 1 aromatic heterocycles. The van der Waals surface area contributed by atoms with Crippen molar-refractivity contribution < 1.29 is 0 Å². The minimum Gasteiger partial charge on any atom is -0.238 e. The first kappa shape index (κ1) is 18.9. The zero-order valence-electron chi connectivity index (χ0n) is 13.2. The fourth-order valence-corrected chi connectivity index (χ4v) is 1.38. The molecule has 0 aliphatic rings. The van der Waals surface area contributed by atoms with Gasteiger partial charge in [0.15, 0.2) is 0 Å². The lowest BCUT2D eigenvalue weighted by molar-refractivity contribution is 1.05. The van der Waals surface area contributed by atoms with Crippen LogP contribution in [0.1, 0.15) is 53.1 Å². The van der Waals surface area contributed by atoms with Crippen molar-refractivity contribution in [2.45, 2.75) is 55.4 Å². The van der Waals surface area contributed by atoms with Crippen molar-refractivity contribution in [1.29, 1.82) is 0 Å². The van der Waals surface area contributed by atoms with Crippen molar-refractivity contribution >= 4 is 10.9 Å². The number of para-hydroxylation sites is 1. The van der Waals surface area contributed by atoms with E-state index in [-0.39, 0.29) is 0 Å². The molecule has 1 heterocycles. The Kier molecular flexibility index (Phi) is 12.6. The Morgan fingerprint density at radius 1 is 0.722 bits per heavy atom. The van der Waals surface area contributed by atoms with Crippen molar-refractivity contribution in [2.75, 3.05) is 0 Å². The molecule has 0 spiro atoms. The van der Waals surface area contributed by atoms with Crippen LogP contribution in [0.3, 0.4) is 0 Å². The summed E-state index contributed by atoms with van der Waals surface area (Å²) in [6, 6.07) is 8.06. The van der Waals surface area contributed by atoms with Crippen LogP contribution in [0.2, 0.25) is 0 Å². The summed E-state index contributed by atoms with van der Waals surface area (Å²) >= 11 is 0. The van der Waals surface area contributed by atoms with Crippen LogP contribution >= 0.6 is 0 Å². The standard InChI is InChI=1S/C10H10N2.3C2H6/c1-7-9-5-3-4-6-10(9)12-8(2)11-7;3*1-2/h3-6H,1-2H3;3*1-2H3. The molecule has 0 unspecified atom stereocenters. The summed E-state index contributed by atoms with van der Waals surface area (Å²) in [5.41, 5.74) is 2.08. The van der Waals surface area contributed by atoms with Crippen molar-refractivity contribution in [1.82, 2.24) is 9.97 Å². The molecular weight excluding hydrogens is 220 g/mol. The molecule has 0 bridgehead atoms. The van der Waals surface area contributed by atoms with Gasteiger partial charge < -0.3 is 0 Å². The Bertz CT molecular complexity index is 422. The van der Waals surface area contributed by atoms with Crippen LogP contribution in [-0.4, -0.2) is 9.97 Å². The molecule has 0 radical (unpaired) electrons. The molecule has 2 nitrogen and oxygen atoms in total. The smallest absolute Gasteiger partial charge is 0.126 e. The van der Waals surface area contributed by atoms with E-state index in [0.717, 1.165) is 22.4 Å². The van der Waals surface area contributed by atoms with E-state index in [2.05, 4.69) is 9.97 Å². The number of aryl methyl sites for hydroxylation is 2. The lowest BCUT2D eigenvalue weighted by Crippen LogP contribution is -1.92. The predicted octanol–water partition coefficient (Wildman–Crippen LogP) is 5.33. The van der Waals surface area contributed by atoms with Crippen LogP contribution in [0.25, 0.3) is 10.9 Å². The van der Waals surface area contributed by atoms with Gasteiger partial charge in [-0.1, -0.05) is 59.7 Å². The molecule has 0 atom stereocenters. The van der Waals surface area contributed by atoms with Gasteiger partial charge >= 0.3 is 0 Å². The maximum absolute atomic E-state index is 4.33. The molecule has 2 aromatic rings. The Labute approximate surface area is 112 Å². The van der Waals surface area contributed by atoms with E-state index in [9.17, 15) is 0 Å². The van der Waals surface area contributed by atoms with E-state index >= 15 is 0 Å². The summed E-state index contributed by atoms with van der Waals surface area (Å²) in [7, 11) is 0. The second-order valence-corrected chi connectivity index (χ2v) is 2.87. The summed E-state index contributed by atoms with van der Waals surface area (Å²) in [4.78, 5) is 8.62. The average molecular weight is 248 g/mol. The molecule has 0 fully saturated rings. The maximum Gasteiger partial charge on any atom is 0.126 e. The first-order valence-electron chi connectivity index (χ1n) is 6.97. The van der Waals surface area contributed by atoms with Crippen molar-refractivity contribution in [3.8, 4) is 0 Å². The lowest BCUT2D eigenvalue weighted by Gasteiger charge is -2.00. The van der Waals surface area contributed by atoms with Gasteiger partial charge in [-0.25, -0.2) is 9.97 Å². The van der Waals surface area contributed by atoms with Gasteiger partial charge in [0, 0.05) is 11.1 Å². The van der Waals surface area contributed by atoms with Gasteiger partial charge in [-0.05, 0) is 19.9 Å². The third-order valence-electron chi connectivity index (χ3n) is 1.91. The second-order valence-electron chi connectivity index (χ2n) is 2.87. The first-order valence-corrected chi connectivity index (χ1v) is 6.97. The van der Waals surface area contributed by atoms with Gasteiger partial charge in [0.2, 0.25) is 0 Å². The number of aromatic nitrogens is 2. The van der Waals surface area contributed by atoms with Crippen LogP contribution in [0.15, 0.2) is 24.3 Å². The summed E-state index contributed by atoms with van der Waals surface area (Å²) < 4.78 is 0. The highest BCUT2D eigenvalue weighted by molar-refractivity contribution is 5.80. The van der Waals surface area contributed by atoms with Crippen molar-refractivity contribution in [2.24, 2.45) is 0 Å². The summed E-state index contributed by atoms with van der Waals surface area (Å²) in [6.45, 7) is 15.9. The highest BCUT2D eigenvalue weighted by Crippen LogP contribution is 2.13. The van der Waals surface area contributed by atoms with Gasteiger partial charge in [0.1, 0.15) is 5.82 Å². The molecule has 2 rings (SSSR count). The first-order chi connectivity index (χ1) is 8.77. The normalized spacial score (nSPS) is 8.00.